The average molecular weight is 351 g/mol. The van der Waals surface area contributed by atoms with Crippen LogP contribution in [-0.2, 0) is 6.18 Å². The van der Waals surface area contributed by atoms with E-state index >= 15 is 0 Å². The van der Waals surface area contributed by atoms with Crippen molar-refractivity contribution in [1.29, 1.82) is 5.26 Å². The van der Waals surface area contributed by atoms with E-state index in [1.807, 2.05) is 13.8 Å². The second kappa shape index (κ2) is 7.22. The minimum Gasteiger partial charge on any atom is -0.192 e. The standard InChI is InChI=1S/C17H16F3N3S/c1-10(13-4-6-14(7-5-13)17(18,19)20)9-24-16-15(8-21)11(2)12(3)22-23-16/h4-7,10H,9H2,1-3H3. The maximum atomic E-state index is 12.6. The van der Waals surface area contributed by atoms with Gasteiger partial charge in [0.15, 0.2) is 0 Å². The summed E-state index contributed by atoms with van der Waals surface area (Å²) in [6.07, 6.45) is -4.33. The molecule has 1 heterocycles. The second-order valence-electron chi connectivity index (χ2n) is 5.53. The summed E-state index contributed by atoms with van der Waals surface area (Å²) in [6, 6.07) is 7.31. The van der Waals surface area contributed by atoms with Crippen LogP contribution in [0.1, 0.15) is 40.8 Å². The van der Waals surface area contributed by atoms with Gasteiger partial charge < -0.3 is 0 Å². The third-order valence-electron chi connectivity index (χ3n) is 3.81. The summed E-state index contributed by atoms with van der Waals surface area (Å²) in [5, 5.41) is 17.9. The molecule has 1 atom stereocenters. The molecular weight excluding hydrogens is 335 g/mol. The summed E-state index contributed by atoms with van der Waals surface area (Å²) in [7, 11) is 0. The van der Waals surface area contributed by atoms with Crippen molar-refractivity contribution >= 4 is 11.8 Å². The normalized spacial score (nSPS) is 12.7. The molecule has 1 aromatic heterocycles. The highest BCUT2D eigenvalue weighted by atomic mass is 32.2. The second-order valence-corrected chi connectivity index (χ2v) is 6.54. The minimum atomic E-state index is -4.33. The van der Waals surface area contributed by atoms with E-state index in [-0.39, 0.29) is 5.92 Å². The van der Waals surface area contributed by atoms with Gasteiger partial charge in [0.1, 0.15) is 11.1 Å². The van der Waals surface area contributed by atoms with Gasteiger partial charge in [0.2, 0.25) is 0 Å². The lowest BCUT2D eigenvalue weighted by Crippen LogP contribution is -2.06. The van der Waals surface area contributed by atoms with Crippen LogP contribution >= 0.6 is 11.8 Å². The molecule has 0 bridgehead atoms. The predicted octanol–water partition coefficient (Wildman–Crippen LogP) is 4.88. The summed E-state index contributed by atoms with van der Waals surface area (Å²) in [6.45, 7) is 5.55. The van der Waals surface area contributed by atoms with Gasteiger partial charge in [0.25, 0.3) is 0 Å². The van der Waals surface area contributed by atoms with Crippen LogP contribution in [0.3, 0.4) is 0 Å². The first-order valence-electron chi connectivity index (χ1n) is 7.28. The van der Waals surface area contributed by atoms with E-state index in [2.05, 4.69) is 16.3 Å². The Hall–Kier alpha value is -2.07. The number of halogens is 3. The molecule has 0 saturated heterocycles. The molecular formula is C17H16F3N3S. The zero-order valence-electron chi connectivity index (χ0n) is 13.5. The lowest BCUT2D eigenvalue weighted by molar-refractivity contribution is -0.137. The number of alkyl halides is 3. The Labute approximate surface area is 142 Å². The van der Waals surface area contributed by atoms with Crippen LogP contribution < -0.4 is 0 Å². The number of thioether (sulfide) groups is 1. The molecule has 0 radical (unpaired) electrons. The Bertz CT molecular complexity index is 764. The number of nitriles is 1. The van der Waals surface area contributed by atoms with Gasteiger partial charge in [0.05, 0.1) is 16.8 Å². The number of hydrogen-bond donors (Lipinski definition) is 0. The number of aryl methyl sites for hydroxylation is 1. The van der Waals surface area contributed by atoms with Gasteiger partial charge in [-0.1, -0.05) is 19.1 Å². The van der Waals surface area contributed by atoms with Crippen molar-refractivity contribution in [2.45, 2.75) is 37.9 Å². The number of nitrogens with zero attached hydrogens (tertiary/aromatic N) is 3. The molecule has 126 valence electrons. The molecule has 0 N–H and O–H groups in total. The summed E-state index contributed by atoms with van der Waals surface area (Å²) < 4.78 is 37.8. The fourth-order valence-corrected chi connectivity index (χ4v) is 3.16. The van der Waals surface area contributed by atoms with Gasteiger partial charge in [-0.3, -0.25) is 0 Å². The van der Waals surface area contributed by atoms with E-state index in [0.29, 0.717) is 22.0 Å². The molecule has 1 unspecified atom stereocenters. The van der Waals surface area contributed by atoms with Crippen molar-refractivity contribution in [3.8, 4) is 6.07 Å². The molecule has 0 saturated carbocycles. The van der Waals surface area contributed by atoms with Crippen LogP contribution in [0.4, 0.5) is 13.2 Å². The van der Waals surface area contributed by atoms with E-state index in [0.717, 1.165) is 23.3 Å². The van der Waals surface area contributed by atoms with Crippen LogP contribution in [0.25, 0.3) is 0 Å². The van der Waals surface area contributed by atoms with Crippen LogP contribution in [0.15, 0.2) is 29.3 Å². The van der Waals surface area contributed by atoms with Crippen LogP contribution in [0, 0.1) is 25.2 Å². The van der Waals surface area contributed by atoms with Gasteiger partial charge in [-0.25, -0.2) is 0 Å². The molecule has 3 nitrogen and oxygen atoms in total. The minimum absolute atomic E-state index is 0.0206. The van der Waals surface area contributed by atoms with Gasteiger partial charge in [-0.15, -0.1) is 16.9 Å². The first kappa shape index (κ1) is 18.3. The zero-order valence-corrected chi connectivity index (χ0v) is 14.3. The Morgan fingerprint density at radius 3 is 2.33 bits per heavy atom. The van der Waals surface area contributed by atoms with Crippen molar-refractivity contribution in [1.82, 2.24) is 10.2 Å². The molecule has 7 heteroatoms. The Morgan fingerprint density at radius 2 is 1.79 bits per heavy atom. The smallest absolute Gasteiger partial charge is 0.192 e. The molecule has 2 aromatic rings. The molecule has 0 aliphatic carbocycles. The largest absolute Gasteiger partial charge is 0.416 e. The van der Waals surface area contributed by atoms with Crippen molar-refractivity contribution in [2.75, 3.05) is 5.75 Å². The van der Waals surface area contributed by atoms with Crippen molar-refractivity contribution in [3.05, 3.63) is 52.2 Å². The van der Waals surface area contributed by atoms with E-state index in [1.165, 1.54) is 23.9 Å². The predicted molar refractivity (Wildman–Crippen MR) is 86.8 cm³/mol. The summed E-state index contributed by atoms with van der Waals surface area (Å²) in [5.41, 5.74) is 2.18. The number of benzene rings is 1. The molecule has 24 heavy (non-hydrogen) atoms. The SMILES string of the molecule is Cc1nnc(SCC(C)c2ccc(C(F)(F)F)cc2)c(C#N)c1C. The van der Waals surface area contributed by atoms with Crippen molar-refractivity contribution in [2.24, 2.45) is 0 Å². The van der Waals surface area contributed by atoms with Crippen LogP contribution in [0.2, 0.25) is 0 Å². The fraction of sp³-hybridized carbons (Fsp3) is 0.353. The molecule has 0 fully saturated rings. The first-order valence-corrected chi connectivity index (χ1v) is 8.26. The summed E-state index contributed by atoms with van der Waals surface area (Å²) >= 11 is 1.39. The Kier molecular flexibility index (Phi) is 5.50. The number of hydrogen-bond acceptors (Lipinski definition) is 4. The first-order chi connectivity index (χ1) is 11.2. The van der Waals surface area contributed by atoms with E-state index in [4.69, 9.17) is 0 Å². The fourth-order valence-electron chi connectivity index (χ4n) is 2.12. The quantitative estimate of drug-likeness (QED) is 0.737. The molecule has 1 aromatic carbocycles. The maximum Gasteiger partial charge on any atom is 0.416 e. The van der Waals surface area contributed by atoms with Crippen LogP contribution in [-0.4, -0.2) is 16.0 Å². The molecule has 0 amide bonds. The lowest BCUT2D eigenvalue weighted by atomic mass is 10.0. The van der Waals surface area contributed by atoms with Crippen molar-refractivity contribution < 1.29 is 13.2 Å². The van der Waals surface area contributed by atoms with Gasteiger partial charge in [-0.05, 0) is 43.0 Å². The lowest BCUT2D eigenvalue weighted by Gasteiger charge is -2.14. The number of rotatable bonds is 4. The topological polar surface area (TPSA) is 49.6 Å². The van der Waals surface area contributed by atoms with E-state index < -0.39 is 11.7 Å². The summed E-state index contributed by atoms with van der Waals surface area (Å²) in [5.74, 6) is 0.615. The summed E-state index contributed by atoms with van der Waals surface area (Å²) in [4.78, 5) is 0. The monoisotopic (exact) mass is 351 g/mol. The molecule has 0 aliphatic heterocycles. The molecule has 0 aliphatic rings. The van der Waals surface area contributed by atoms with E-state index in [9.17, 15) is 18.4 Å². The van der Waals surface area contributed by atoms with Gasteiger partial charge >= 0.3 is 6.18 Å². The molecule has 2 rings (SSSR count). The highest BCUT2D eigenvalue weighted by Crippen LogP contribution is 2.32. The van der Waals surface area contributed by atoms with E-state index in [1.54, 1.807) is 6.92 Å². The average Bonchev–Trinajstić information content (AvgIpc) is 2.55. The Balaban J connectivity index is 2.10. The molecule has 0 spiro atoms. The number of aromatic nitrogens is 2. The van der Waals surface area contributed by atoms with Gasteiger partial charge in [-0.2, -0.15) is 23.5 Å². The third-order valence-corrected chi connectivity index (χ3v) is 5.04. The zero-order chi connectivity index (χ0) is 17.9. The third kappa shape index (κ3) is 4.06. The van der Waals surface area contributed by atoms with Crippen molar-refractivity contribution in [3.63, 3.8) is 0 Å². The highest BCUT2D eigenvalue weighted by molar-refractivity contribution is 7.99. The van der Waals surface area contributed by atoms with Gasteiger partial charge in [0, 0.05) is 5.75 Å². The highest BCUT2D eigenvalue weighted by Gasteiger charge is 2.30. The van der Waals surface area contributed by atoms with Crippen LogP contribution in [0.5, 0.6) is 0 Å². The Morgan fingerprint density at radius 1 is 1.17 bits per heavy atom. The maximum absolute atomic E-state index is 12.6.